The maximum atomic E-state index is 10.4. The second kappa shape index (κ2) is 8.68. The summed E-state index contributed by atoms with van der Waals surface area (Å²) in [5, 5.41) is 17.5. The molecule has 3 N–H and O–H groups in total. The SMILES string of the molecule is C=O.O=S(=O)(O)c1ccccc1O.Oc1ccccc1. The monoisotopic (exact) mass is 298 g/mol. The van der Waals surface area contributed by atoms with Crippen molar-refractivity contribution in [2.45, 2.75) is 4.90 Å². The summed E-state index contributed by atoms with van der Waals surface area (Å²) in [6.45, 7) is 2.00. The van der Waals surface area contributed by atoms with Crippen LogP contribution in [-0.2, 0) is 14.9 Å². The van der Waals surface area contributed by atoms with Gasteiger partial charge in [-0.15, -0.1) is 0 Å². The lowest BCUT2D eigenvalue weighted by molar-refractivity contribution is -0.0980. The summed E-state index contributed by atoms with van der Waals surface area (Å²) in [6.07, 6.45) is 0. The van der Waals surface area contributed by atoms with E-state index in [2.05, 4.69) is 0 Å². The van der Waals surface area contributed by atoms with Gasteiger partial charge in [-0.3, -0.25) is 4.55 Å². The van der Waals surface area contributed by atoms with Crippen molar-refractivity contribution in [1.29, 1.82) is 0 Å². The van der Waals surface area contributed by atoms with Gasteiger partial charge in [-0.2, -0.15) is 8.42 Å². The number of phenols is 2. The Morgan fingerprint density at radius 1 is 0.800 bits per heavy atom. The highest BCUT2D eigenvalue weighted by Gasteiger charge is 2.12. The standard InChI is InChI=1S/C6H6O4S.C6H6O.CH2O/c7-5-3-1-2-4-6(5)11(8,9)10;7-6-4-2-1-3-5-6;1-2/h1-4,7H,(H,8,9,10);1-5,7H;1H2. The van der Waals surface area contributed by atoms with Crippen molar-refractivity contribution in [3.63, 3.8) is 0 Å². The van der Waals surface area contributed by atoms with Crippen molar-refractivity contribution >= 4 is 16.9 Å². The highest BCUT2D eigenvalue weighted by atomic mass is 32.2. The fourth-order valence-electron chi connectivity index (χ4n) is 1.10. The number of hydrogen-bond acceptors (Lipinski definition) is 5. The van der Waals surface area contributed by atoms with E-state index in [1.165, 1.54) is 18.2 Å². The van der Waals surface area contributed by atoms with Gasteiger partial charge >= 0.3 is 0 Å². The number of rotatable bonds is 1. The van der Waals surface area contributed by atoms with Gasteiger partial charge in [0.05, 0.1) is 0 Å². The molecule has 2 aromatic rings. The summed E-state index contributed by atoms with van der Waals surface area (Å²) in [7, 11) is -4.28. The molecule has 7 heteroatoms. The van der Waals surface area contributed by atoms with Crippen molar-refractivity contribution < 1.29 is 28.0 Å². The molecule has 0 saturated carbocycles. The predicted octanol–water partition coefficient (Wildman–Crippen LogP) is 1.85. The summed E-state index contributed by atoms with van der Waals surface area (Å²) in [6, 6.07) is 13.9. The van der Waals surface area contributed by atoms with Crippen LogP contribution in [-0.4, -0.2) is 30.0 Å². The molecule has 0 atom stereocenters. The third-order valence-electron chi connectivity index (χ3n) is 1.90. The Morgan fingerprint density at radius 2 is 1.25 bits per heavy atom. The molecule has 20 heavy (non-hydrogen) atoms. The number of carbonyl (C=O) groups is 1. The molecule has 0 unspecified atom stereocenters. The molecule has 0 saturated heterocycles. The average molecular weight is 298 g/mol. The van der Waals surface area contributed by atoms with Gasteiger partial charge in [0.15, 0.2) is 0 Å². The molecule has 2 aromatic carbocycles. The highest BCUT2D eigenvalue weighted by Crippen LogP contribution is 2.20. The molecule has 0 heterocycles. The molecule has 0 aromatic heterocycles. The Labute approximate surface area is 116 Å². The van der Waals surface area contributed by atoms with E-state index in [9.17, 15) is 8.42 Å². The molecule has 0 aliphatic heterocycles. The minimum Gasteiger partial charge on any atom is -0.508 e. The Morgan fingerprint density at radius 3 is 1.55 bits per heavy atom. The van der Waals surface area contributed by atoms with E-state index in [1.54, 1.807) is 24.3 Å². The number of phenolic OH excluding ortho intramolecular Hbond substituents is 2. The van der Waals surface area contributed by atoms with Crippen LogP contribution in [0.25, 0.3) is 0 Å². The zero-order valence-corrected chi connectivity index (χ0v) is 11.2. The van der Waals surface area contributed by atoms with Crippen LogP contribution in [0.3, 0.4) is 0 Å². The summed E-state index contributed by atoms with van der Waals surface area (Å²) >= 11 is 0. The number of benzene rings is 2. The first-order valence-corrected chi connectivity index (χ1v) is 6.63. The Bertz CT molecular complexity index is 610. The van der Waals surface area contributed by atoms with Gasteiger partial charge in [-0.1, -0.05) is 30.3 Å². The number of aromatic hydroxyl groups is 2. The minimum atomic E-state index is -4.28. The average Bonchev–Trinajstić information content (AvgIpc) is 2.42. The number of carbonyl (C=O) groups excluding carboxylic acids is 1. The van der Waals surface area contributed by atoms with E-state index in [1.807, 2.05) is 12.9 Å². The summed E-state index contributed by atoms with van der Waals surface area (Å²) in [5.74, 6) is -0.127. The van der Waals surface area contributed by atoms with Crippen LogP contribution >= 0.6 is 0 Å². The van der Waals surface area contributed by atoms with Crippen molar-refractivity contribution in [2.75, 3.05) is 0 Å². The maximum Gasteiger partial charge on any atom is 0.298 e. The van der Waals surface area contributed by atoms with Crippen LogP contribution in [0.15, 0.2) is 59.5 Å². The molecule has 0 radical (unpaired) electrons. The van der Waals surface area contributed by atoms with E-state index >= 15 is 0 Å². The lowest BCUT2D eigenvalue weighted by atomic mass is 10.3. The van der Waals surface area contributed by atoms with Crippen molar-refractivity contribution in [3.05, 3.63) is 54.6 Å². The van der Waals surface area contributed by atoms with E-state index in [0.717, 1.165) is 6.07 Å². The van der Waals surface area contributed by atoms with Gasteiger partial charge in [-0.25, -0.2) is 0 Å². The molecular weight excluding hydrogens is 284 g/mol. The molecule has 6 nitrogen and oxygen atoms in total. The van der Waals surface area contributed by atoms with Crippen LogP contribution in [0.2, 0.25) is 0 Å². The molecule has 108 valence electrons. The molecule has 0 bridgehead atoms. The number of para-hydroxylation sites is 2. The lowest BCUT2D eigenvalue weighted by Gasteiger charge is -1.97. The largest absolute Gasteiger partial charge is 0.508 e. The number of hydrogen-bond donors (Lipinski definition) is 3. The van der Waals surface area contributed by atoms with E-state index in [-0.39, 0.29) is 0 Å². The third kappa shape index (κ3) is 6.53. The van der Waals surface area contributed by atoms with Crippen LogP contribution in [0.4, 0.5) is 0 Å². The summed E-state index contributed by atoms with van der Waals surface area (Å²) < 4.78 is 29.4. The fraction of sp³-hybridized carbons (Fsp3) is 0. The molecule has 0 fully saturated rings. The van der Waals surface area contributed by atoms with Crippen molar-refractivity contribution in [3.8, 4) is 11.5 Å². The first kappa shape index (κ1) is 17.6. The molecule has 0 spiro atoms. The van der Waals surface area contributed by atoms with Gasteiger partial charge in [0, 0.05) is 0 Å². The van der Waals surface area contributed by atoms with Crippen LogP contribution in [0.1, 0.15) is 0 Å². The first-order valence-electron chi connectivity index (χ1n) is 5.19. The molecule has 0 amide bonds. The van der Waals surface area contributed by atoms with E-state index < -0.39 is 20.8 Å². The molecule has 0 aliphatic carbocycles. The van der Waals surface area contributed by atoms with Crippen LogP contribution in [0, 0.1) is 0 Å². The van der Waals surface area contributed by atoms with E-state index in [4.69, 9.17) is 19.6 Å². The third-order valence-corrected chi connectivity index (χ3v) is 2.80. The fourth-order valence-corrected chi connectivity index (χ4v) is 1.69. The summed E-state index contributed by atoms with van der Waals surface area (Å²) in [5.41, 5.74) is 0. The lowest BCUT2D eigenvalue weighted by Crippen LogP contribution is -1.97. The highest BCUT2D eigenvalue weighted by molar-refractivity contribution is 7.86. The Balaban J connectivity index is 0.000000345. The summed E-state index contributed by atoms with van der Waals surface area (Å²) in [4.78, 5) is 7.53. The van der Waals surface area contributed by atoms with Crippen LogP contribution in [0.5, 0.6) is 11.5 Å². The van der Waals surface area contributed by atoms with Gasteiger partial charge in [0.1, 0.15) is 23.2 Å². The second-order valence-electron chi connectivity index (χ2n) is 3.28. The first-order chi connectivity index (χ1) is 9.41. The zero-order valence-electron chi connectivity index (χ0n) is 10.4. The molecular formula is C13H14O6S. The van der Waals surface area contributed by atoms with Crippen LogP contribution < -0.4 is 0 Å². The van der Waals surface area contributed by atoms with Gasteiger partial charge in [0.25, 0.3) is 10.1 Å². The smallest absolute Gasteiger partial charge is 0.298 e. The van der Waals surface area contributed by atoms with Gasteiger partial charge in [-0.05, 0) is 24.3 Å². The predicted molar refractivity (Wildman–Crippen MR) is 73.1 cm³/mol. The second-order valence-corrected chi connectivity index (χ2v) is 4.67. The normalized spacial score (nSPS) is 9.45. The quantitative estimate of drug-likeness (QED) is 0.693. The van der Waals surface area contributed by atoms with Crippen molar-refractivity contribution in [1.82, 2.24) is 0 Å². The van der Waals surface area contributed by atoms with Crippen molar-refractivity contribution in [2.24, 2.45) is 0 Å². The minimum absolute atomic E-state index is 0.322. The Kier molecular flexibility index (Phi) is 7.64. The maximum absolute atomic E-state index is 10.4. The Hall–Kier alpha value is -2.38. The van der Waals surface area contributed by atoms with E-state index in [0.29, 0.717) is 5.75 Å². The molecule has 2 rings (SSSR count). The molecule has 0 aliphatic rings. The van der Waals surface area contributed by atoms with Gasteiger partial charge < -0.3 is 15.0 Å². The zero-order chi connectivity index (χ0) is 15.6. The van der Waals surface area contributed by atoms with Gasteiger partial charge in [0.2, 0.25) is 0 Å². The topological polar surface area (TPSA) is 112 Å².